The number of rotatable bonds is 7. The highest BCUT2D eigenvalue weighted by Crippen LogP contribution is 2.12. The summed E-state index contributed by atoms with van der Waals surface area (Å²) in [7, 11) is -1.53. The van der Waals surface area contributed by atoms with Gasteiger partial charge in [-0.3, -0.25) is 4.90 Å². The molecule has 1 fully saturated rings. The van der Waals surface area contributed by atoms with Crippen LogP contribution in [0.25, 0.3) is 0 Å². The summed E-state index contributed by atoms with van der Waals surface area (Å²) in [6.07, 6.45) is 2.36. The van der Waals surface area contributed by atoms with Gasteiger partial charge in [0.2, 0.25) is 10.0 Å². The molecular weight excluding hydrogens is 288 g/mol. The van der Waals surface area contributed by atoms with Crippen LogP contribution < -0.4 is 0 Å². The van der Waals surface area contributed by atoms with Gasteiger partial charge in [0, 0.05) is 26.7 Å². The minimum atomic E-state index is -3.18. The van der Waals surface area contributed by atoms with Crippen molar-refractivity contribution in [3.05, 3.63) is 0 Å². The molecule has 0 amide bonds. The lowest BCUT2D eigenvalue weighted by Crippen LogP contribution is -2.48. The van der Waals surface area contributed by atoms with Crippen LogP contribution in [0.2, 0.25) is 0 Å². The second-order valence-electron chi connectivity index (χ2n) is 5.52. The third-order valence-corrected chi connectivity index (χ3v) is 5.75. The van der Waals surface area contributed by atoms with Gasteiger partial charge in [0.15, 0.2) is 0 Å². The standard InChI is InChI=1S/C13H28N2O3S.C2H6/c1-5-6-7-15-8-9-18-13(11-15)10-14(4)19(16,17)12(2)3;1-2/h12-13H,5-11H2,1-4H3;1-2H3. The average molecular weight is 323 g/mol. The van der Waals surface area contributed by atoms with Crippen molar-refractivity contribution in [2.75, 3.05) is 39.8 Å². The fourth-order valence-electron chi connectivity index (χ4n) is 2.23. The molecule has 0 aromatic carbocycles. The van der Waals surface area contributed by atoms with Gasteiger partial charge in [0.05, 0.1) is 18.0 Å². The highest BCUT2D eigenvalue weighted by atomic mass is 32.2. The van der Waals surface area contributed by atoms with Crippen LogP contribution in [0.1, 0.15) is 47.5 Å². The second kappa shape index (κ2) is 10.5. The first-order valence-electron chi connectivity index (χ1n) is 8.17. The van der Waals surface area contributed by atoms with E-state index in [1.54, 1.807) is 20.9 Å². The van der Waals surface area contributed by atoms with Gasteiger partial charge in [-0.15, -0.1) is 0 Å². The van der Waals surface area contributed by atoms with E-state index < -0.39 is 10.0 Å². The van der Waals surface area contributed by atoms with Crippen LogP contribution in [-0.2, 0) is 14.8 Å². The molecule has 0 aromatic heterocycles. The number of hydrogen-bond acceptors (Lipinski definition) is 4. The van der Waals surface area contributed by atoms with E-state index in [0.717, 1.165) is 19.6 Å². The summed E-state index contributed by atoms with van der Waals surface area (Å²) in [6.45, 7) is 13.6. The van der Waals surface area contributed by atoms with Crippen LogP contribution in [0.15, 0.2) is 0 Å². The molecule has 0 saturated carbocycles. The van der Waals surface area contributed by atoms with Crippen molar-refractivity contribution in [2.45, 2.75) is 58.8 Å². The van der Waals surface area contributed by atoms with E-state index >= 15 is 0 Å². The van der Waals surface area contributed by atoms with Crippen molar-refractivity contribution < 1.29 is 13.2 Å². The summed E-state index contributed by atoms with van der Waals surface area (Å²) in [6, 6.07) is 0. The summed E-state index contributed by atoms with van der Waals surface area (Å²) >= 11 is 0. The fourth-order valence-corrected chi connectivity index (χ4v) is 3.32. The zero-order valence-electron chi connectivity index (χ0n) is 14.6. The summed E-state index contributed by atoms with van der Waals surface area (Å²) < 4.78 is 31.2. The fraction of sp³-hybridized carbons (Fsp3) is 1.00. The van der Waals surface area contributed by atoms with E-state index in [-0.39, 0.29) is 11.4 Å². The quantitative estimate of drug-likeness (QED) is 0.721. The monoisotopic (exact) mass is 322 g/mol. The molecule has 1 aliphatic rings. The topological polar surface area (TPSA) is 49.9 Å². The van der Waals surface area contributed by atoms with Gasteiger partial charge in [-0.1, -0.05) is 27.2 Å². The molecule has 1 rings (SSSR count). The Bertz CT molecular complexity index is 358. The Hall–Kier alpha value is -0.170. The lowest BCUT2D eigenvalue weighted by atomic mass is 10.2. The highest BCUT2D eigenvalue weighted by molar-refractivity contribution is 7.89. The van der Waals surface area contributed by atoms with E-state index in [1.165, 1.54) is 17.1 Å². The molecule has 0 aliphatic carbocycles. The van der Waals surface area contributed by atoms with E-state index in [9.17, 15) is 8.42 Å². The number of unbranched alkanes of at least 4 members (excludes halogenated alkanes) is 1. The van der Waals surface area contributed by atoms with E-state index in [1.807, 2.05) is 13.8 Å². The second-order valence-corrected chi connectivity index (χ2v) is 8.12. The molecule has 1 aliphatic heterocycles. The van der Waals surface area contributed by atoms with E-state index in [4.69, 9.17) is 4.74 Å². The maximum atomic E-state index is 12.0. The van der Waals surface area contributed by atoms with Gasteiger partial charge in [0.25, 0.3) is 0 Å². The first kappa shape index (κ1) is 20.8. The molecule has 1 unspecified atom stereocenters. The largest absolute Gasteiger partial charge is 0.374 e. The number of ether oxygens (including phenoxy) is 1. The van der Waals surface area contributed by atoms with Gasteiger partial charge >= 0.3 is 0 Å². The lowest BCUT2D eigenvalue weighted by molar-refractivity contribution is -0.0336. The van der Waals surface area contributed by atoms with Crippen LogP contribution in [0.4, 0.5) is 0 Å². The Morgan fingerprint density at radius 2 is 1.95 bits per heavy atom. The van der Waals surface area contributed by atoms with Crippen LogP contribution in [0.5, 0.6) is 0 Å². The molecule has 1 atom stereocenters. The Labute approximate surface area is 131 Å². The van der Waals surface area contributed by atoms with Gasteiger partial charge in [-0.2, -0.15) is 0 Å². The SMILES string of the molecule is CC.CCCCN1CCOC(CN(C)S(=O)(=O)C(C)C)C1. The Kier molecular flexibility index (Phi) is 10.5. The van der Waals surface area contributed by atoms with Gasteiger partial charge in [0.1, 0.15) is 0 Å². The minimum absolute atomic E-state index is 0.0101. The maximum Gasteiger partial charge on any atom is 0.216 e. The van der Waals surface area contributed by atoms with Crippen molar-refractivity contribution in [2.24, 2.45) is 0 Å². The van der Waals surface area contributed by atoms with Gasteiger partial charge in [-0.25, -0.2) is 12.7 Å². The summed E-state index contributed by atoms with van der Waals surface area (Å²) in [5.74, 6) is 0. The molecule has 21 heavy (non-hydrogen) atoms. The zero-order chi connectivity index (χ0) is 16.5. The van der Waals surface area contributed by atoms with Gasteiger partial charge < -0.3 is 4.74 Å². The highest BCUT2D eigenvalue weighted by Gasteiger charge is 2.27. The Morgan fingerprint density at radius 3 is 2.48 bits per heavy atom. The summed E-state index contributed by atoms with van der Waals surface area (Å²) in [5.41, 5.74) is 0. The lowest BCUT2D eigenvalue weighted by Gasteiger charge is -2.34. The Morgan fingerprint density at radius 1 is 1.33 bits per heavy atom. The predicted octanol–water partition coefficient (Wildman–Crippen LogP) is 2.18. The molecular formula is C15H34N2O3S. The Balaban J connectivity index is 0.00000191. The van der Waals surface area contributed by atoms with Crippen LogP contribution in [-0.4, -0.2) is 68.8 Å². The molecule has 1 heterocycles. The molecule has 0 N–H and O–H groups in total. The average Bonchev–Trinajstić information content (AvgIpc) is 2.47. The van der Waals surface area contributed by atoms with Crippen molar-refractivity contribution in [3.63, 3.8) is 0 Å². The minimum Gasteiger partial charge on any atom is -0.374 e. The van der Waals surface area contributed by atoms with E-state index in [0.29, 0.717) is 13.2 Å². The molecule has 6 heteroatoms. The number of hydrogen-bond donors (Lipinski definition) is 0. The molecule has 0 radical (unpaired) electrons. The van der Waals surface area contributed by atoms with E-state index in [2.05, 4.69) is 11.8 Å². The van der Waals surface area contributed by atoms with Crippen LogP contribution in [0, 0.1) is 0 Å². The number of sulfonamides is 1. The van der Waals surface area contributed by atoms with Crippen molar-refractivity contribution in [3.8, 4) is 0 Å². The first-order chi connectivity index (χ1) is 9.87. The molecule has 0 bridgehead atoms. The van der Waals surface area contributed by atoms with Crippen molar-refractivity contribution in [1.29, 1.82) is 0 Å². The molecule has 1 saturated heterocycles. The normalized spacial score (nSPS) is 20.5. The number of morpholine rings is 1. The third kappa shape index (κ3) is 7.08. The summed E-state index contributed by atoms with van der Waals surface area (Å²) in [4.78, 5) is 2.37. The molecule has 128 valence electrons. The third-order valence-electron chi connectivity index (χ3n) is 3.54. The smallest absolute Gasteiger partial charge is 0.216 e. The predicted molar refractivity (Wildman–Crippen MR) is 89.1 cm³/mol. The summed E-state index contributed by atoms with van der Waals surface area (Å²) in [5, 5.41) is -0.378. The number of likely N-dealkylation sites (N-methyl/N-ethyl adjacent to an activating group) is 1. The van der Waals surface area contributed by atoms with Gasteiger partial charge in [-0.05, 0) is 26.8 Å². The number of nitrogens with zero attached hydrogens (tertiary/aromatic N) is 2. The molecule has 0 spiro atoms. The molecule has 5 nitrogen and oxygen atoms in total. The van der Waals surface area contributed by atoms with Crippen molar-refractivity contribution in [1.82, 2.24) is 9.21 Å². The first-order valence-corrected chi connectivity index (χ1v) is 9.67. The van der Waals surface area contributed by atoms with Crippen molar-refractivity contribution >= 4 is 10.0 Å². The van der Waals surface area contributed by atoms with Crippen LogP contribution in [0.3, 0.4) is 0 Å². The molecule has 0 aromatic rings. The van der Waals surface area contributed by atoms with Crippen LogP contribution >= 0.6 is 0 Å². The maximum absolute atomic E-state index is 12.0. The zero-order valence-corrected chi connectivity index (χ0v) is 15.4.